The summed E-state index contributed by atoms with van der Waals surface area (Å²) in [6.45, 7) is 1.06. The number of oxime groups is 1. The van der Waals surface area contributed by atoms with E-state index < -0.39 is 17.6 Å². The number of hydrogen-bond acceptors (Lipinski definition) is 4. The van der Waals surface area contributed by atoms with Crippen LogP contribution in [0.25, 0.3) is 0 Å². The fraction of sp³-hybridized carbons (Fsp3) is 0.462. The molecule has 3 N–H and O–H groups in total. The minimum atomic E-state index is -4.51. The number of alkyl halides is 3. The highest BCUT2D eigenvalue weighted by Crippen LogP contribution is 2.33. The number of halogens is 3. The molecule has 0 aliphatic carbocycles. The summed E-state index contributed by atoms with van der Waals surface area (Å²) in [4.78, 5) is 0. The Morgan fingerprint density at radius 3 is 2.57 bits per heavy atom. The number of hydrogen-bond donors (Lipinski definition) is 2. The molecule has 0 unspecified atom stereocenters. The molecule has 0 radical (unpaired) electrons. The molecule has 0 amide bonds. The van der Waals surface area contributed by atoms with Crippen molar-refractivity contribution in [1.29, 1.82) is 0 Å². The average Bonchev–Trinajstić information content (AvgIpc) is 2.47. The maximum atomic E-state index is 12.7. The molecule has 5 nitrogen and oxygen atoms in total. The van der Waals surface area contributed by atoms with Gasteiger partial charge < -0.3 is 20.4 Å². The Bertz CT molecular complexity index is 526. The Hall–Kier alpha value is -1.96. The van der Waals surface area contributed by atoms with Crippen LogP contribution in [0.2, 0.25) is 0 Å². The predicted molar refractivity (Wildman–Crippen MR) is 68.4 cm³/mol. The van der Waals surface area contributed by atoms with Crippen molar-refractivity contribution in [2.45, 2.75) is 25.1 Å². The van der Waals surface area contributed by atoms with Gasteiger partial charge in [0.05, 0.1) is 24.3 Å². The van der Waals surface area contributed by atoms with Crippen LogP contribution in [0, 0.1) is 0 Å². The van der Waals surface area contributed by atoms with Crippen molar-refractivity contribution in [2.75, 3.05) is 13.2 Å². The second kappa shape index (κ2) is 6.21. The van der Waals surface area contributed by atoms with E-state index in [0.717, 1.165) is 12.1 Å². The molecule has 0 spiro atoms. The number of benzene rings is 1. The molecule has 2 rings (SSSR count). The third kappa shape index (κ3) is 3.78. The summed E-state index contributed by atoms with van der Waals surface area (Å²) in [6.07, 6.45) is -3.41. The van der Waals surface area contributed by atoms with Gasteiger partial charge in [-0.25, -0.2) is 0 Å². The van der Waals surface area contributed by atoms with E-state index in [0.29, 0.717) is 26.1 Å². The molecular formula is C13H15F3N2O3. The Kier molecular flexibility index (Phi) is 4.56. The maximum Gasteiger partial charge on any atom is 0.416 e. The molecule has 1 saturated heterocycles. The van der Waals surface area contributed by atoms with Gasteiger partial charge >= 0.3 is 6.18 Å². The van der Waals surface area contributed by atoms with Gasteiger partial charge in [0.1, 0.15) is 11.9 Å². The summed E-state index contributed by atoms with van der Waals surface area (Å²) in [7, 11) is 0. The lowest BCUT2D eigenvalue weighted by Crippen LogP contribution is -2.27. The quantitative estimate of drug-likeness (QED) is 0.389. The van der Waals surface area contributed by atoms with E-state index in [1.807, 2.05) is 0 Å². The number of nitrogens with zero attached hydrogens (tertiary/aromatic N) is 1. The molecule has 116 valence electrons. The first-order valence-corrected chi connectivity index (χ1v) is 6.35. The third-order valence-electron chi connectivity index (χ3n) is 3.15. The van der Waals surface area contributed by atoms with Crippen molar-refractivity contribution in [3.8, 4) is 5.75 Å². The molecule has 1 heterocycles. The summed E-state index contributed by atoms with van der Waals surface area (Å²) in [5.41, 5.74) is 4.47. The highest BCUT2D eigenvalue weighted by molar-refractivity contribution is 5.99. The van der Waals surface area contributed by atoms with Crippen LogP contribution < -0.4 is 10.5 Å². The summed E-state index contributed by atoms with van der Waals surface area (Å²) >= 11 is 0. The zero-order chi connectivity index (χ0) is 15.5. The number of rotatable bonds is 3. The Labute approximate surface area is 119 Å². The molecule has 1 aliphatic heterocycles. The molecule has 8 heteroatoms. The molecule has 0 bridgehead atoms. The third-order valence-corrected chi connectivity index (χ3v) is 3.15. The van der Waals surface area contributed by atoms with Crippen molar-refractivity contribution in [3.05, 3.63) is 29.3 Å². The first-order chi connectivity index (χ1) is 9.91. The number of amidine groups is 1. The van der Waals surface area contributed by atoms with Gasteiger partial charge in [-0.15, -0.1) is 0 Å². The van der Waals surface area contributed by atoms with Crippen molar-refractivity contribution in [3.63, 3.8) is 0 Å². The van der Waals surface area contributed by atoms with E-state index >= 15 is 0 Å². The molecule has 21 heavy (non-hydrogen) atoms. The van der Waals surface area contributed by atoms with E-state index in [9.17, 15) is 13.2 Å². The SMILES string of the molecule is N/C(=N/O)c1cc(C(F)(F)F)ccc1OC1CCOCC1. The summed E-state index contributed by atoms with van der Waals surface area (Å²) in [6, 6.07) is 2.90. The summed E-state index contributed by atoms with van der Waals surface area (Å²) < 4.78 is 49.0. The van der Waals surface area contributed by atoms with E-state index in [4.69, 9.17) is 20.4 Å². The van der Waals surface area contributed by atoms with Gasteiger partial charge in [0.15, 0.2) is 5.84 Å². The van der Waals surface area contributed by atoms with Gasteiger partial charge in [0, 0.05) is 12.8 Å². The van der Waals surface area contributed by atoms with Gasteiger partial charge in [-0.05, 0) is 18.2 Å². The smallest absolute Gasteiger partial charge is 0.416 e. The summed E-state index contributed by atoms with van der Waals surface area (Å²) in [5.74, 6) is -0.270. The first-order valence-electron chi connectivity index (χ1n) is 6.35. The Morgan fingerprint density at radius 1 is 1.33 bits per heavy atom. The van der Waals surface area contributed by atoms with Gasteiger partial charge in [-0.2, -0.15) is 13.2 Å². The highest BCUT2D eigenvalue weighted by Gasteiger charge is 2.32. The van der Waals surface area contributed by atoms with Crippen LogP contribution in [0.15, 0.2) is 23.4 Å². The monoisotopic (exact) mass is 304 g/mol. The lowest BCUT2D eigenvalue weighted by Gasteiger charge is -2.24. The van der Waals surface area contributed by atoms with E-state index in [-0.39, 0.29) is 17.4 Å². The van der Waals surface area contributed by atoms with Crippen molar-refractivity contribution >= 4 is 5.84 Å². The second-order valence-corrected chi connectivity index (χ2v) is 4.62. The van der Waals surface area contributed by atoms with Crippen LogP contribution in [-0.4, -0.2) is 30.4 Å². The minimum absolute atomic E-state index is 0.0844. The van der Waals surface area contributed by atoms with Crippen molar-refractivity contribution in [2.24, 2.45) is 10.9 Å². The Morgan fingerprint density at radius 2 is 2.00 bits per heavy atom. The predicted octanol–water partition coefficient (Wildman–Crippen LogP) is 2.36. The molecular weight excluding hydrogens is 289 g/mol. The van der Waals surface area contributed by atoms with Crippen LogP contribution in [0.5, 0.6) is 5.75 Å². The van der Waals surface area contributed by atoms with E-state index in [2.05, 4.69) is 5.16 Å². The van der Waals surface area contributed by atoms with Gasteiger partial charge in [-0.1, -0.05) is 5.16 Å². The highest BCUT2D eigenvalue weighted by atomic mass is 19.4. The number of ether oxygens (including phenoxy) is 2. The molecule has 1 aromatic carbocycles. The lowest BCUT2D eigenvalue weighted by atomic mass is 10.1. The molecule has 1 aliphatic rings. The topological polar surface area (TPSA) is 77.1 Å². The fourth-order valence-electron chi connectivity index (χ4n) is 2.04. The second-order valence-electron chi connectivity index (χ2n) is 4.62. The Balaban J connectivity index is 2.31. The van der Waals surface area contributed by atoms with Gasteiger partial charge in [-0.3, -0.25) is 0 Å². The van der Waals surface area contributed by atoms with E-state index in [1.165, 1.54) is 6.07 Å². The van der Waals surface area contributed by atoms with E-state index in [1.54, 1.807) is 0 Å². The summed E-state index contributed by atoms with van der Waals surface area (Å²) in [5, 5.41) is 11.5. The fourth-order valence-corrected chi connectivity index (χ4v) is 2.04. The maximum absolute atomic E-state index is 12.7. The van der Waals surface area contributed by atoms with Crippen LogP contribution in [0.1, 0.15) is 24.0 Å². The molecule has 1 fully saturated rings. The normalized spacial score (nSPS) is 17.8. The molecule has 0 saturated carbocycles. The van der Waals surface area contributed by atoms with Crippen LogP contribution >= 0.6 is 0 Å². The average molecular weight is 304 g/mol. The molecule has 0 atom stereocenters. The van der Waals surface area contributed by atoms with Crippen LogP contribution in [-0.2, 0) is 10.9 Å². The van der Waals surface area contributed by atoms with Crippen molar-refractivity contribution in [1.82, 2.24) is 0 Å². The van der Waals surface area contributed by atoms with Gasteiger partial charge in [0.2, 0.25) is 0 Å². The zero-order valence-electron chi connectivity index (χ0n) is 11.1. The standard InChI is InChI=1S/C13H15F3N2O3/c14-13(15,16)8-1-2-11(10(7-8)12(17)18-19)21-9-3-5-20-6-4-9/h1-2,7,9,19H,3-6H2,(H2,17,18). The first kappa shape index (κ1) is 15.4. The zero-order valence-corrected chi connectivity index (χ0v) is 11.1. The van der Waals surface area contributed by atoms with Crippen molar-refractivity contribution < 1.29 is 27.9 Å². The minimum Gasteiger partial charge on any atom is -0.489 e. The van der Waals surface area contributed by atoms with Crippen LogP contribution in [0.3, 0.4) is 0 Å². The number of nitrogens with two attached hydrogens (primary N) is 1. The lowest BCUT2D eigenvalue weighted by molar-refractivity contribution is -0.137. The van der Waals surface area contributed by atoms with Crippen LogP contribution in [0.4, 0.5) is 13.2 Å². The van der Waals surface area contributed by atoms with Gasteiger partial charge in [0.25, 0.3) is 0 Å². The molecule has 0 aromatic heterocycles. The largest absolute Gasteiger partial charge is 0.489 e. The molecule has 1 aromatic rings.